The smallest absolute Gasteiger partial charge is 0.289 e. The van der Waals surface area contributed by atoms with Crippen molar-refractivity contribution in [1.29, 1.82) is 0 Å². The van der Waals surface area contributed by atoms with Crippen molar-refractivity contribution in [3.8, 4) is 0 Å². The van der Waals surface area contributed by atoms with Crippen molar-refractivity contribution >= 4 is 16.9 Å². The zero-order valence-electron chi connectivity index (χ0n) is 11.5. The van der Waals surface area contributed by atoms with Gasteiger partial charge in [0.15, 0.2) is 5.76 Å². The van der Waals surface area contributed by atoms with E-state index in [1.165, 1.54) is 0 Å². The van der Waals surface area contributed by atoms with Crippen molar-refractivity contribution in [3.05, 3.63) is 36.1 Å². The van der Waals surface area contributed by atoms with E-state index in [1.54, 1.807) is 0 Å². The topological polar surface area (TPSA) is 59.5 Å². The molecule has 1 aromatic carbocycles. The molecule has 1 saturated heterocycles. The fourth-order valence-corrected chi connectivity index (χ4v) is 2.99. The number of likely N-dealkylation sites (tertiary alicyclic amines) is 1. The van der Waals surface area contributed by atoms with Gasteiger partial charge in [-0.2, -0.15) is 0 Å². The normalized spacial score (nSPS) is 18.9. The van der Waals surface area contributed by atoms with E-state index in [4.69, 9.17) is 10.2 Å². The van der Waals surface area contributed by atoms with Crippen LogP contribution in [0.5, 0.6) is 0 Å². The fraction of sp³-hybridized carbons (Fsp3) is 0.438. The van der Waals surface area contributed by atoms with Crippen LogP contribution < -0.4 is 5.73 Å². The second-order valence-corrected chi connectivity index (χ2v) is 5.37. The van der Waals surface area contributed by atoms with Crippen molar-refractivity contribution in [2.75, 3.05) is 13.1 Å². The lowest BCUT2D eigenvalue weighted by Crippen LogP contribution is -2.35. The van der Waals surface area contributed by atoms with Gasteiger partial charge >= 0.3 is 0 Å². The van der Waals surface area contributed by atoms with Crippen molar-refractivity contribution in [3.63, 3.8) is 0 Å². The van der Waals surface area contributed by atoms with Crippen molar-refractivity contribution in [2.24, 2.45) is 5.73 Å². The van der Waals surface area contributed by atoms with Crippen molar-refractivity contribution in [1.82, 2.24) is 4.90 Å². The van der Waals surface area contributed by atoms with Gasteiger partial charge in [-0.15, -0.1) is 0 Å². The second kappa shape index (κ2) is 5.67. The first kappa shape index (κ1) is 13.2. The summed E-state index contributed by atoms with van der Waals surface area (Å²) in [6.07, 6.45) is 4.10. The molecule has 20 heavy (non-hydrogen) atoms. The van der Waals surface area contributed by atoms with Crippen LogP contribution in [0.3, 0.4) is 0 Å². The van der Waals surface area contributed by atoms with Gasteiger partial charge in [0.2, 0.25) is 0 Å². The summed E-state index contributed by atoms with van der Waals surface area (Å²) in [5, 5.41) is 0.980. The molecule has 2 N–H and O–H groups in total. The summed E-state index contributed by atoms with van der Waals surface area (Å²) in [6, 6.07) is 9.88. The molecule has 4 nitrogen and oxygen atoms in total. The maximum atomic E-state index is 12.6. The van der Waals surface area contributed by atoms with Crippen LogP contribution >= 0.6 is 0 Å². The molecule has 1 fully saturated rings. The Balaban J connectivity index is 1.80. The fourth-order valence-electron chi connectivity index (χ4n) is 2.99. The van der Waals surface area contributed by atoms with E-state index in [1.807, 2.05) is 35.2 Å². The first-order chi connectivity index (χ1) is 9.79. The Bertz CT molecular complexity index is 572. The number of hydrogen-bond acceptors (Lipinski definition) is 3. The minimum Gasteiger partial charge on any atom is -0.451 e. The summed E-state index contributed by atoms with van der Waals surface area (Å²) in [7, 11) is 0. The Morgan fingerprint density at radius 1 is 1.40 bits per heavy atom. The van der Waals surface area contributed by atoms with Gasteiger partial charge in [0.05, 0.1) is 0 Å². The number of benzene rings is 1. The molecule has 0 spiro atoms. The average Bonchev–Trinajstić information content (AvgIpc) is 3.10. The first-order valence-electron chi connectivity index (χ1n) is 7.29. The van der Waals surface area contributed by atoms with E-state index in [9.17, 15) is 4.79 Å². The number of amides is 1. The van der Waals surface area contributed by atoms with E-state index in [0.717, 1.165) is 43.2 Å². The summed E-state index contributed by atoms with van der Waals surface area (Å²) < 4.78 is 5.68. The van der Waals surface area contributed by atoms with Crippen LogP contribution in [0.15, 0.2) is 34.7 Å². The largest absolute Gasteiger partial charge is 0.451 e. The first-order valence-corrected chi connectivity index (χ1v) is 7.29. The van der Waals surface area contributed by atoms with Crippen LogP contribution in [0.4, 0.5) is 0 Å². The molecule has 0 radical (unpaired) electrons. The SMILES string of the molecule is NCCCC1CCCN1C(=O)c1cc2ccccc2o1. The molecule has 1 aliphatic heterocycles. The molecule has 2 aromatic rings. The number of hydrogen-bond donors (Lipinski definition) is 1. The van der Waals surface area contributed by atoms with Gasteiger partial charge in [-0.3, -0.25) is 4.79 Å². The number of rotatable bonds is 4. The van der Waals surface area contributed by atoms with Crippen LogP contribution in [0.1, 0.15) is 36.2 Å². The summed E-state index contributed by atoms with van der Waals surface area (Å²) >= 11 is 0. The molecule has 1 unspecified atom stereocenters. The van der Waals surface area contributed by atoms with Gasteiger partial charge in [0.25, 0.3) is 5.91 Å². The number of furan rings is 1. The molecule has 106 valence electrons. The molecule has 0 aliphatic carbocycles. The highest BCUT2D eigenvalue weighted by molar-refractivity contribution is 5.96. The highest BCUT2D eigenvalue weighted by Crippen LogP contribution is 2.26. The van der Waals surface area contributed by atoms with Crippen molar-refractivity contribution < 1.29 is 9.21 Å². The molecule has 0 bridgehead atoms. The molecule has 3 rings (SSSR count). The lowest BCUT2D eigenvalue weighted by Gasteiger charge is -2.23. The van der Waals surface area contributed by atoms with Gasteiger partial charge in [0.1, 0.15) is 5.58 Å². The zero-order chi connectivity index (χ0) is 13.9. The Kier molecular flexibility index (Phi) is 3.74. The van der Waals surface area contributed by atoms with Crippen LogP contribution in [-0.4, -0.2) is 29.9 Å². The third-order valence-electron chi connectivity index (χ3n) is 4.02. The molecule has 1 aliphatic rings. The van der Waals surface area contributed by atoms with Gasteiger partial charge in [-0.25, -0.2) is 0 Å². The van der Waals surface area contributed by atoms with E-state index < -0.39 is 0 Å². The van der Waals surface area contributed by atoms with Crippen LogP contribution in [-0.2, 0) is 0 Å². The summed E-state index contributed by atoms with van der Waals surface area (Å²) in [5.41, 5.74) is 6.34. The van der Waals surface area contributed by atoms with E-state index in [2.05, 4.69) is 0 Å². The van der Waals surface area contributed by atoms with Crippen LogP contribution in [0.25, 0.3) is 11.0 Å². The third-order valence-corrected chi connectivity index (χ3v) is 4.02. The van der Waals surface area contributed by atoms with E-state index in [-0.39, 0.29) is 5.91 Å². The Labute approximate surface area is 118 Å². The zero-order valence-corrected chi connectivity index (χ0v) is 11.5. The molecule has 4 heteroatoms. The predicted octanol–water partition coefficient (Wildman–Crippen LogP) is 2.78. The molecular formula is C16H20N2O2. The third kappa shape index (κ3) is 2.43. The number of carbonyl (C=O) groups excluding carboxylic acids is 1. The molecule has 1 amide bonds. The molecule has 0 saturated carbocycles. The maximum Gasteiger partial charge on any atom is 0.289 e. The summed E-state index contributed by atoms with van der Waals surface area (Å²) in [6.45, 7) is 1.51. The number of nitrogens with two attached hydrogens (primary N) is 1. The molecule has 2 heterocycles. The molecular weight excluding hydrogens is 252 g/mol. The molecule has 1 aromatic heterocycles. The average molecular weight is 272 g/mol. The standard InChI is InChI=1S/C16H20N2O2/c17-9-3-6-13-7-4-10-18(13)16(19)15-11-12-5-1-2-8-14(12)20-15/h1-2,5,8,11,13H,3-4,6-7,9-10,17H2. The van der Waals surface area contributed by atoms with E-state index >= 15 is 0 Å². The Morgan fingerprint density at radius 2 is 2.25 bits per heavy atom. The maximum absolute atomic E-state index is 12.6. The second-order valence-electron chi connectivity index (χ2n) is 5.37. The van der Waals surface area contributed by atoms with E-state index in [0.29, 0.717) is 18.3 Å². The van der Waals surface area contributed by atoms with Gasteiger partial charge in [-0.1, -0.05) is 18.2 Å². The Morgan fingerprint density at radius 3 is 3.05 bits per heavy atom. The minimum atomic E-state index is 0.0146. The predicted molar refractivity (Wildman–Crippen MR) is 78.6 cm³/mol. The van der Waals surface area contributed by atoms with Gasteiger partial charge in [0, 0.05) is 18.0 Å². The molecule has 1 atom stereocenters. The highest BCUT2D eigenvalue weighted by Gasteiger charge is 2.30. The number of carbonyl (C=O) groups is 1. The minimum absolute atomic E-state index is 0.0146. The van der Waals surface area contributed by atoms with Crippen molar-refractivity contribution in [2.45, 2.75) is 31.7 Å². The summed E-state index contributed by atoms with van der Waals surface area (Å²) in [5.74, 6) is 0.464. The number of fused-ring (bicyclic) bond motifs is 1. The quantitative estimate of drug-likeness (QED) is 0.931. The Hall–Kier alpha value is -1.81. The van der Waals surface area contributed by atoms with Gasteiger partial charge < -0.3 is 15.1 Å². The lowest BCUT2D eigenvalue weighted by molar-refractivity contribution is 0.0699. The van der Waals surface area contributed by atoms with Crippen LogP contribution in [0.2, 0.25) is 0 Å². The number of para-hydroxylation sites is 1. The summed E-state index contributed by atoms with van der Waals surface area (Å²) in [4.78, 5) is 14.5. The number of nitrogens with zero attached hydrogens (tertiary/aromatic N) is 1. The van der Waals surface area contributed by atoms with Crippen LogP contribution in [0, 0.1) is 0 Å². The lowest BCUT2D eigenvalue weighted by atomic mass is 10.1. The monoisotopic (exact) mass is 272 g/mol. The van der Waals surface area contributed by atoms with Gasteiger partial charge in [-0.05, 0) is 44.4 Å². The highest BCUT2D eigenvalue weighted by atomic mass is 16.3.